The van der Waals surface area contributed by atoms with Crippen molar-refractivity contribution in [2.24, 2.45) is 0 Å². The van der Waals surface area contributed by atoms with Crippen molar-refractivity contribution in [3.05, 3.63) is 29.6 Å². The van der Waals surface area contributed by atoms with Crippen molar-refractivity contribution < 1.29 is 23.8 Å². The molecular formula is C14H18FNO4S. The fourth-order valence-corrected chi connectivity index (χ4v) is 2.44. The monoisotopic (exact) mass is 315 g/mol. The standard InChI is InChI=1S/C14H18FNO4S/c1-14(8-20-2,7-12(17)18)16-13(19)9-4-5-10(15)11(6-9)21-3/h4-6H,7-8H2,1-3H3,(H,16,19)(H,17,18). The number of rotatable bonds is 7. The Morgan fingerprint density at radius 1 is 1.48 bits per heavy atom. The van der Waals surface area contributed by atoms with E-state index < -0.39 is 23.2 Å². The summed E-state index contributed by atoms with van der Waals surface area (Å²) in [5.74, 6) is -1.91. The smallest absolute Gasteiger partial charge is 0.305 e. The summed E-state index contributed by atoms with van der Waals surface area (Å²) < 4.78 is 18.4. The maximum absolute atomic E-state index is 13.4. The first-order valence-electron chi connectivity index (χ1n) is 6.18. The molecule has 0 spiro atoms. The van der Waals surface area contributed by atoms with Gasteiger partial charge in [-0.3, -0.25) is 9.59 Å². The van der Waals surface area contributed by atoms with Crippen molar-refractivity contribution in [2.75, 3.05) is 20.0 Å². The van der Waals surface area contributed by atoms with E-state index in [1.165, 1.54) is 37.1 Å². The van der Waals surface area contributed by atoms with Crippen LogP contribution in [0.5, 0.6) is 0 Å². The molecule has 1 rings (SSSR count). The Balaban J connectivity index is 2.94. The Hall–Kier alpha value is -1.60. The minimum absolute atomic E-state index is 0.0572. The van der Waals surface area contributed by atoms with E-state index in [1.54, 1.807) is 13.2 Å². The van der Waals surface area contributed by atoms with Gasteiger partial charge >= 0.3 is 5.97 Å². The van der Waals surface area contributed by atoms with Gasteiger partial charge in [-0.1, -0.05) is 0 Å². The Morgan fingerprint density at radius 3 is 2.67 bits per heavy atom. The molecule has 2 N–H and O–H groups in total. The largest absolute Gasteiger partial charge is 0.481 e. The third kappa shape index (κ3) is 5.02. The second-order valence-electron chi connectivity index (χ2n) is 4.87. The van der Waals surface area contributed by atoms with Crippen LogP contribution < -0.4 is 5.32 Å². The van der Waals surface area contributed by atoms with Crippen LogP contribution in [0.3, 0.4) is 0 Å². The zero-order valence-corrected chi connectivity index (χ0v) is 12.9. The second-order valence-corrected chi connectivity index (χ2v) is 5.72. The Labute approximate surface area is 126 Å². The molecule has 1 atom stereocenters. The molecule has 0 radical (unpaired) electrons. The number of aliphatic carboxylic acids is 1. The number of benzene rings is 1. The van der Waals surface area contributed by atoms with Gasteiger partial charge in [-0.05, 0) is 31.4 Å². The lowest BCUT2D eigenvalue weighted by atomic mass is 9.98. The summed E-state index contributed by atoms with van der Waals surface area (Å²) in [6.07, 6.45) is 1.43. The lowest BCUT2D eigenvalue weighted by molar-refractivity contribution is -0.139. The molecule has 116 valence electrons. The summed E-state index contributed by atoms with van der Waals surface area (Å²) in [5.41, 5.74) is -0.764. The lowest BCUT2D eigenvalue weighted by Crippen LogP contribution is -2.50. The van der Waals surface area contributed by atoms with Crippen LogP contribution >= 0.6 is 11.8 Å². The molecule has 0 aliphatic carbocycles. The first-order chi connectivity index (χ1) is 9.81. The number of methoxy groups -OCH3 is 1. The van der Waals surface area contributed by atoms with Gasteiger partial charge in [0, 0.05) is 17.6 Å². The van der Waals surface area contributed by atoms with Gasteiger partial charge in [0.1, 0.15) is 5.82 Å². The van der Waals surface area contributed by atoms with Crippen LogP contribution in [0, 0.1) is 5.82 Å². The average Bonchev–Trinajstić information content (AvgIpc) is 2.37. The van der Waals surface area contributed by atoms with Crippen LogP contribution in [0.1, 0.15) is 23.7 Å². The zero-order valence-electron chi connectivity index (χ0n) is 12.1. The molecule has 21 heavy (non-hydrogen) atoms. The van der Waals surface area contributed by atoms with Crippen molar-refractivity contribution in [1.29, 1.82) is 0 Å². The molecule has 0 fully saturated rings. The first kappa shape index (κ1) is 17.5. The van der Waals surface area contributed by atoms with E-state index in [-0.39, 0.29) is 18.6 Å². The van der Waals surface area contributed by atoms with Gasteiger partial charge < -0.3 is 15.2 Å². The summed E-state index contributed by atoms with van der Waals surface area (Å²) in [7, 11) is 1.43. The van der Waals surface area contributed by atoms with Crippen molar-refractivity contribution >= 4 is 23.6 Å². The molecule has 1 aromatic rings. The van der Waals surface area contributed by atoms with Crippen LogP contribution in [-0.2, 0) is 9.53 Å². The van der Waals surface area contributed by atoms with Crippen molar-refractivity contribution in [3.63, 3.8) is 0 Å². The van der Waals surface area contributed by atoms with Gasteiger partial charge in [0.25, 0.3) is 5.91 Å². The summed E-state index contributed by atoms with van der Waals surface area (Å²) in [5, 5.41) is 11.6. The molecule has 1 aromatic carbocycles. The number of carboxylic acid groups (broad SMARTS) is 1. The van der Waals surface area contributed by atoms with E-state index in [2.05, 4.69) is 5.32 Å². The molecule has 0 aliphatic rings. The highest BCUT2D eigenvalue weighted by molar-refractivity contribution is 7.98. The predicted molar refractivity (Wildman–Crippen MR) is 78.2 cm³/mol. The summed E-state index contributed by atoms with van der Waals surface area (Å²) in [6.45, 7) is 1.64. The highest BCUT2D eigenvalue weighted by Gasteiger charge is 2.30. The van der Waals surface area contributed by atoms with E-state index in [9.17, 15) is 14.0 Å². The normalized spacial score (nSPS) is 13.5. The number of carbonyl (C=O) groups excluding carboxylic acids is 1. The molecule has 0 heterocycles. The first-order valence-corrected chi connectivity index (χ1v) is 7.40. The molecule has 0 saturated carbocycles. The number of nitrogens with one attached hydrogen (secondary N) is 1. The summed E-state index contributed by atoms with van der Waals surface area (Å²) >= 11 is 1.19. The molecule has 7 heteroatoms. The number of carbonyl (C=O) groups is 2. The van der Waals surface area contributed by atoms with E-state index in [0.717, 1.165) is 0 Å². The van der Waals surface area contributed by atoms with Gasteiger partial charge in [-0.15, -0.1) is 11.8 Å². The number of hydrogen-bond donors (Lipinski definition) is 2. The maximum Gasteiger partial charge on any atom is 0.305 e. The molecule has 0 aromatic heterocycles. The van der Waals surface area contributed by atoms with Crippen LogP contribution in [0.2, 0.25) is 0 Å². The van der Waals surface area contributed by atoms with Crippen molar-refractivity contribution in [1.82, 2.24) is 5.32 Å². The Bertz CT molecular complexity index is 538. The van der Waals surface area contributed by atoms with Crippen LogP contribution in [0.4, 0.5) is 4.39 Å². The SMILES string of the molecule is COCC(C)(CC(=O)O)NC(=O)c1ccc(F)c(SC)c1. The Morgan fingerprint density at radius 2 is 2.14 bits per heavy atom. The van der Waals surface area contributed by atoms with Gasteiger partial charge in [0.15, 0.2) is 0 Å². The number of ether oxygens (including phenoxy) is 1. The third-order valence-corrected chi connectivity index (χ3v) is 3.59. The number of amides is 1. The van der Waals surface area contributed by atoms with Gasteiger partial charge in [-0.2, -0.15) is 0 Å². The molecule has 5 nitrogen and oxygen atoms in total. The fourth-order valence-electron chi connectivity index (χ4n) is 1.93. The fraction of sp³-hybridized carbons (Fsp3) is 0.429. The van der Waals surface area contributed by atoms with Crippen LogP contribution in [0.25, 0.3) is 0 Å². The van der Waals surface area contributed by atoms with Crippen molar-refractivity contribution in [2.45, 2.75) is 23.8 Å². The zero-order chi connectivity index (χ0) is 16.0. The molecule has 1 amide bonds. The number of halogens is 1. The van der Waals surface area contributed by atoms with E-state index >= 15 is 0 Å². The molecule has 0 aliphatic heterocycles. The Kier molecular flexibility index (Phi) is 6.17. The van der Waals surface area contributed by atoms with Crippen molar-refractivity contribution in [3.8, 4) is 0 Å². The van der Waals surface area contributed by atoms with Gasteiger partial charge in [-0.25, -0.2) is 4.39 Å². The number of carboxylic acids is 1. The van der Waals surface area contributed by atoms with E-state index in [0.29, 0.717) is 4.90 Å². The number of hydrogen-bond acceptors (Lipinski definition) is 4. The summed E-state index contributed by atoms with van der Waals surface area (Å²) in [6, 6.07) is 4.01. The van der Waals surface area contributed by atoms with Gasteiger partial charge in [0.05, 0.1) is 18.6 Å². The minimum Gasteiger partial charge on any atom is -0.481 e. The predicted octanol–water partition coefficient (Wildman–Crippen LogP) is 2.16. The van der Waals surface area contributed by atoms with E-state index in [1.807, 2.05) is 0 Å². The average molecular weight is 315 g/mol. The van der Waals surface area contributed by atoms with Crippen LogP contribution in [-0.4, -0.2) is 42.5 Å². The second kappa shape index (κ2) is 7.42. The topological polar surface area (TPSA) is 75.6 Å². The highest BCUT2D eigenvalue weighted by Crippen LogP contribution is 2.21. The summed E-state index contributed by atoms with van der Waals surface area (Å²) in [4.78, 5) is 23.5. The van der Waals surface area contributed by atoms with Crippen LogP contribution in [0.15, 0.2) is 23.1 Å². The molecule has 0 saturated heterocycles. The van der Waals surface area contributed by atoms with Gasteiger partial charge in [0.2, 0.25) is 0 Å². The maximum atomic E-state index is 13.4. The molecule has 1 unspecified atom stereocenters. The molecular weight excluding hydrogens is 297 g/mol. The third-order valence-electron chi connectivity index (χ3n) is 2.83. The quantitative estimate of drug-likeness (QED) is 0.754. The van der Waals surface area contributed by atoms with E-state index in [4.69, 9.17) is 9.84 Å². The lowest BCUT2D eigenvalue weighted by Gasteiger charge is -2.28. The minimum atomic E-state index is -1.04. The number of thioether (sulfide) groups is 1. The highest BCUT2D eigenvalue weighted by atomic mass is 32.2. The molecule has 0 bridgehead atoms.